The summed E-state index contributed by atoms with van der Waals surface area (Å²) in [5.41, 5.74) is 1.93. The minimum Gasteiger partial charge on any atom is -0.387 e. The summed E-state index contributed by atoms with van der Waals surface area (Å²) in [5.74, 6) is 0. The Morgan fingerprint density at radius 3 is 3.17 bits per heavy atom. The number of aliphatic hydroxyl groups excluding tert-OH is 1. The van der Waals surface area contributed by atoms with Gasteiger partial charge in [-0.2, -0.15) is 0 Å². The molecule has 12 heavy (non-hydrogen) atoms. The number of hydrogen-bond donors (Lipinski definition) is 2. The lowest BCUT2D eigenvalue weighted by atomic mass is 10.0. The van der Waals surface area contributed by atoms with Crippen LogP contribution in [0, 0.1) is 0 Å². The van der Waals surface area contributed by atoms with Crippen LogP contribution in [0.25, 0.3) is 0 Å². The zero-order valence-electron chi connectivity index (χ0n) is 6.53. The lowest BCUT2D eigenvalue weighted by Crippen LogP contribution is -2.28. The number of nitrogens with one attached hydrogen (secondary N) is 1. The Hall–Kier alpha value is -0.640. The second-order valence-electron chi connectivity index (χ2n) is 2.69. The van der Waals surface area contributed by atoms with Gasteiger partial charge < -0.3 is 10.4 Å². The van der Waals surface area contributed by atoms with Crippen molar-refractivity contribution in [2.45, 2.75) is 12.6 Å². The van der Waals surface area contributed by atoms with Gasteiger partial charge in [-0.1, -0.05) is 6.07 Å². The highest BCUT2D eigenvalue weighted by molar-refractivity contribution is 5.85. The van der Waals surface area contributed by atoms with Crippen LogP contribution in [0.2, 0.25) is 0 Å². The van der Waals surface area contributed by atoms with Crippen molar-refractivity contribution in [2.24, 2.45) is 0 Å². The van der Waals surface area contributed by atoms with Gasteiger partial charge in [0.15, 0.2) is 0 Å². The molecule has 0 spiro atoms. The zero-order chi connectivity index (χ0) is 7.68. The highest BCUT2D eigenvalue weighted by Crippen LogP contribution is 2.18. The minimum absolute atomic E-state index is 0. The first-order valence-electron chi connectivity index (χ1n) is 3.70. The summed E-state index contributed by atoms with van der Waals surface area (Å²) in [6.07, 6.45) is 1.37. The summed E-state index contributed by atoms with van der Waals surface area (Å²) < 4.78 is 0. The van der Waals surface area contributed by atoms with Gasteiger partial charge in [-0.15, -0.1) is 12.4 Å². The number of aromatic nitrogens is 1. The van der Waals surface area contributed by atoms with Gasteiger partial charge in [0.25, 0.3) is 0 Å². The molecule has 0 saturated carbocycles. The van der Waals surface area contributed by atoms with Gasteiger partial charge in [0.2, 0.25) is 0 Å². The predicted octanol–water partition coefficient (Wildman–Crippen LogP) is 0.640. The van der Waals surface area contributed by atoms with Crippen LogP contribution in [0.3, 0.4) is 0 Å². The Kier molecular flexibility index (Phi) is 3.03. The van der Waals surface area contributed by atoms with Crippen LogP contribution < -0.4 is 5.32 Å². The summed E-state index contributed by atoms with van der Waals surface area (Å²) in [4.78, 5) is 4.15. The molecular weight excluding hydrogens is 176 g/mol. The molecule has 0 aromatic carbocycles. The van der Waals surface area contributed by atoms with Crippen molar-refractivity contribution in [3.05, 3.63) is 29.6 Å². The number of hydrogen-bond acceptors (Lipinski definition) is 3. The fourth-order valence-corrected chi connectivity index (χ4v) is 1.34. The summed E-state index contributed by atoms with van der Waals surface area (Å²) >= 11 is 0. The minimum atomic E-state index is -0.382. The SMILES string of the molecule is Cl.OC1CNCc2ncccc21. The van der Waals surface area contributed by atoms with E-state index in [0.29, 0.717) is 6.54 Å². The van der Waals surface area contributed by atoms with Crippen molar-refractivity contribution in [3.63, 3.8) is 0 Å². The van der Waals surface area contributed by atoms with Crippen LogP contribution in [0.4, 0.5) is 0 Å². The van der Waals surface area contributed by atoms with E-state index < -0.39 is 0 Å². The van der Waals surface area contributed by atoms with Crippen molar-refractivity contribution in [1.29, 1.82) is 0 Å². The Morgan fingerprint density at radius 2 is 2.42 bits per heavy atom. The molecule has 0 bridgehead atoms. The normalized spacial score (nSPS) is 20.9. The molecule has 1 atom stereocenters. The van der Waals surface area contributed by atoms with E-state index in [1.807, 2.05) is 12.1 Å². The Bertz CT molecular complexity index is 267. The van der Waals surface area contributed by atoms with Gasteiger partial charge in [-0.05, 0) is 6.07 Å². The molecule has 1 aromatic heterocycles. The summed E-state index contributed by atoms with van der Waals surface area (Å²) in [7, 11) is 0. The Balaban J connectivity index is 0.000000720. The van der Waals surface area contributed by atoms with Crippen LogP contribution in [0.15, 0.2) is 18.3 Å². The van der Waals surface area contributed by atoms with E-state index in [-0.39, 0.29) is 18.5 Å². The molecule has 1 unspecified atom stereocenters. The maximum Gasteiger partial charge on any atom is 0.0932 e. The second kappa shape index (κ2) is 3.85. The number of fused-ring (bicyclic) bond motifs is 1. The quantitative estimate of drug-likeness (QED) is 0.625. The zero-order valence-corrected chi connectivity index (χ0v) is 7.34. The van der Waals surface area contributed by atoms with E-state index in [0.717, 1.165) is 17.8 Å². The van der Waals surface area contributed by atoms with Gasteiger partial charge in [0, 0.05) is 24.8 Å². The third kappa shape index (κ3) is 1.58. The van der Waals surface area contributed by atoms with Gasteiger partial charge in [-0.3, -0.25) is 4.98 Å². The van der Waals surface area contributed by atoms with Gasteiger partial charge in [0.1, 0.15) is 0 Å². The topological polar surface area (TPSA) is 45.1 Å². The molecule has 3 nitrogen and oxygen atoms in total. The average molecular weight is 187 g/mol. The lowest BCUT2D eigenvalue weighted by Gasteiger charge is -2.20. The molecular formula is C8H11ClN2O. The van der Waals surface area contributed by atoms with Crippen LogP contribution in [-0.2, 0) is 6.54 Å². The molecule has 2 heterocycles. The van der Waals surface area contributed by atoms with Crippen molar-refractivity contribution < 1.29 is 5.11 Å². The largest absolute Gasteiger partial charge is 0.387 e. The molecule has 4 heteroatoms. The molecule has 1 aliphatic rings. The highest BCUT2D eigenvalue weighted by Gasteiger charge is 2.16. The third-order valence-electron chi connectivity index (χ3n) is 1.91. The van der Waals surface area contributed by atoms with Gasteiger partial charge in [-0.25, -0.2) is 0 Å². The standard InChI is InChI=1S/C8H10N2O.ClH/c11-8-5-9-4-7-6(8)2-1-3-10-7;/h1-3,8-9,11H,4-5H2;1H. The molecule has 2 rings (SSSR count). The van der Waals surface area contributed by atoms with E-state index in [9.17, 15) is 5.11 Å². The fraction of sp³-hybridized carbons (Fsp3) is 0.375. The van der Waals surface area contributed by atoms with E-state index in [1.165, 1.54) is 0 Å². The maximum absolute atomic E-state index is 9.46. The van der Waals surface area contributed by atoms with Crippen LogP contribution >= 0.6 is 12.4 Å². The number of aliphatic hydroxyl groups is 1. The maximum atomic E-state index is 9.46. The summed E-state index contributed by atoms with van der Waals surface area (Å²) in [6, 6.07) is 3.78. The monoisotopic (exact) mass is 186 g/mol. The van der Waals surface area contributed by atoms with E-state index in [4.69, 9.17) is 0 Å². The van der Waals surface area contributed by atoms with Gasteiger partial charge in [0.05, 0.1) is 11.8 Å². The smallest absolute Gasteiger partial charge is 0.0932 e. The molecule has 0 aliphatic carbocycles. The Morgan fingerprint density at radius 1 is 1.58 bits per heavy atom. The second-order valence-corrected chi connectivity index (χ2v) is 2.69. The van der Waals surface area contributed by atoms with Gasteiger partial charge >= 0.3 is 0 Å². The molecule has 66 valence electrons. The number of pyridine rings is 1. The first-order chi connectivity index (χ1) is 5.38. The first kappa shape index (κ1) is 9.45. The number of halogens is 1. The molecule has 0 radical (unpaired) electrons. The summed E-state index contributed by atoms with van der Waals surface area (Å²) in [5, 5.41) is 12.5. The van der Waals surface area contributed by atoms with E-state index >= 15 is 0 Å². The number of rotatable bonds is 0. The molecule has 0 saturated heterocycles. The predicted molar refractivity (Wildman–Crippen MR) is 48.2 cm³/mol. The molecule has 1 aliphatic heterocycles. The average Bonchev–Trinajstić information content (AvgIpc) is 2.06. The van der Waals surface area contributed by atoms with Crippen LogP contribution in [0.1, 0.15) is 17.4 Å². The molecule has 2 N–H and O–H groups in total. The molecule has 1 aromatic rings. The van der Waals surface area contributed by atoms with Crippen LogP contribution in [0.5, 0.6) is 0 Å². The third-order valence-corrected chi connectivity index (χ3v) is 1.91. The first-order valence-corrected chi connectivity index (χ1v) is 3.70. The van der Waals surface area contributed by atoms with Crippen molar-refractivity contribution in [3.8, 4) is 0 Å². The van der Waals surface area contributed by atoms with E-state index in [1.54, 1.807) is 6.20 Å². The van der Waals surface area contributed by atoms with Crippen molar-refractivity contribution >= 4 is 12.4 Å². The van der Waals surface area contributed by atoms with Crippen LogP contribution in [-0.4, -0.2) is 16.6 Å². The lowest BCUT2D eigenvalue weighted by molar-refractivity contribution is 0.164. The number of β-amino-alcohol motifs (C(OH)–C–C–N with tert-alkyl or cyclic N) is 1. The van der Waals surface area contributed by atoms with E-state index in [2.05, 4.69) is 10.3 Å². The van der Waals surface area contributed by atoms with Crippen molar-refractivity contribution in [2.75, 3.05) is 6.54 Å². The highest BCUT2D eigenvalue weighted by atomic mass is 35.5. The summed E-state index contributed by atoms with van der Waals surface area (Å²) in [6.45, 7) is 1.41. The van der Waals surface area contributed by atoms with Crippen molar-refractivity contribution in [1.82, 2.24) is 10.3 Å². The number of nitrogens with zero attached hydrogens (tertiary/aromatic N) is 1. The molecule has 0 fully saturated rings. The Labute approximate surface area is 77.2 Å². The molecule has 0 amide bonds. The fourth-order valence-electron chi connectivity index (χ4n) is 1.34.